The summed E-state index contributed by atoms with van der Waals surface area (Å²) in [5.41, 5.74) is 5.33. The molecule has 0 saturated carbocycles. The Hall–Kier alpha value is -2.89. The molecule has 0 amide bonds. The number of rotatable bonds is 40. The van der Waals surface area contributed by atoms with E-state index >= 15 is 0 Å². The van der Waals surface area contributed by atoms with Crippen molar-refractivity contribution in [3.05, 3.63) is 85.1 Å². The lowest BCUT2D eigenvalue weighted by molar-refractivity contribution is -0.161. The van der Waals surface area contributed by atoms with Crippen LogP contribution in [0, 0.1) is 0 Å². The zero-order chi connectivity index (χ0) is 43.5. The number of unbranched alkanes of at least 4 members (excludes halogenated alkanes) is 9. The summed E-state index contributed by atoms with van der Waals surface area (Å²) in [4.78, 5) is 34.9. The third-order valence-electron chi connectivity index (χ3n) is 8.95. The molecule has 0 aromatic heterocycles. The van der Waals surface area contributed by atoms with E-state index in [0.717, 1.165) is 57.8 Å². The molecule has 4 atom stereocenters. The van der Waals surface area contributed by atoms with Gasteiger partial charge in [-0.15, -0.1) is 0 Å². The molecule has 3 unspecified atom stereocenters. The summed E-state index contributed by atoms with van der Waals surface area (Å²) < 4.78 is 32.6. The largest absolute Gasteiger partial charge is 0.472 e. The van der Waals surface area contributed by atoms with Gasteiger partial charge >= 0.3 is 19.8 Å². The van der Waals surface area contributed by atoms with E-state index in [0.29, 0.717) is 12.8 Å². The van der Waals surface area contributed by atoms with Gasteiger partial charge in [0.2, 0.25) is 0 Å². The number of carbonyl (C=O) groups is 2. The van der Waals surface area contributed by atoms with E-state index in [2.05, 4.69) is 86.8 Å². The van der Waals surface area contributed by atoms with Crippen molar-refractivity contribution in [1.82, 2.24) is 0 Å². The Labute approximate surface area is 357 Å². The molecule has 12 heteroatoms. The van der Waals surface area contributed by atoms with Crippen molar-refractivity contribution < 1.29 is 47.8 Å². The highest BCUT2D eigenvalue weighted by Crippen LogP contribution is 2.43. The molecule has 0 rings (SSSR count). The number of hydrogen-bond donors (Lipinski definition) is 4. The van der Waals surface area contributed by atoms with E-state index in [1.54, 1.807) is 0 Å². The quantitative estimate of drug-likeness (QED) is 0.0200. The standard InChI is InChI=1S/C47H80NO10P/c1-3-5-7-9-11-13-15-17-18-19-20-21-22-23-25-27-29-31-33-37-47(52)58-43(42-57-59(53,54)56-40-39-48)41-55-46(51)38-34-36-45(50)44(49)35-32-30-28-26-24-16-14-12-10-8-6-4-2/h11-14,17-18,20-21,23-26,30,32,43-45,49-50H,3-10,15-16,19,22,27-29,31,33-42,48H2,1-2H3,(H,53,54)/b13-11-,14-12-,18-17-,21-20-,25-23-,26-24-,32-30-/t43-,44?,45?/m1/s1. The number of esters is 2. The zero-order valence-corrected chi connectivity index (χ0v) is 37.3. The zero-order valence-electron chi connectivity index (χ0n) is 36.4. The summed E-state index contributed by atoms with van der Waals surface area (Å²) in [6.07, 6.45) is 45.0. The first-order valence-electron chi connectivity index (χ1n) is 22.2. The lowest BCUT2D eigenvalue weighted by atomic mass is 10.0. The van der Waals surface area contributed by atoms with E-state index < -0.39 is 51.3 Å². The Kier molecular flexibility index (Phi) is 39.8. The lowest BCUT2D eigenvalue weighted by Crippen LogP contribution is -2.30. The molecule has 59 heavy (non-hydrogen) atoms. The molecule has 5 N–H and O–H groups in total. The van der Waals surface area contributed by atoms with Gasteiger partial charge in [-0.25, -0.2) is 4.57 Å². The molecule has 0 aliphatic rings. The summed E-state index contributed by atoms with van der Waals surface area (Å²) in [5, 5.41) is 20.7. The number of hydrogen-bond acceptors (Lipinski definition) is 10. The predicted molar refractivity (Wildman–Crippen MR) is 241 cm³/mol. The van der Waals surface area contributed by atoms with Crippen LogP contribution in [0.2, 0.25) is 0 Å². The fourth-order valence-corrected chi connectivity index (χ4v) is 6.25. The Morgan fingerprint density at radius 2 is 1.05 bits per heavy atom. The van der Waals surface area contributed by atoms with Gasteiger partial charge < -0.3 is 30.3 Å². The maximum Gasteiger partial charge on any atom is 0.472 e. The maximum absolute atomic E-state index is 12.6. The number of phosphoric acid groups is 1. The fraction of sp³-hybridized carbons (Fsp3) is 0.660. The van der Waals surface area contributed by atoms with Crippen LogP contribution in [0.15, 0.2) is 85.1 Å². The minimum absolute atomic E-state index is 0.00392. The van der Waals surface area contributed by atoms with Gasteiger partial charge in [0.05, 0.1) is 25.4 Å². The highest BCUT2D eigenvalue weighted by molar-refractivity contribution is 7.47. The number of nitrogens with two attached hydrogens (primary N) is 1. The monoisotopic (exact) mass is 850 g/mol. The van der Waals surface area contributed by atoms with Gasteiger partial charge in [0.25, 0.3) is 0 Å². The molecule has 0 fully saturated rings. The topological polar surface area (TPSA) is 175 Å². The molecule has 0 radical (unpaired) electrons. The van der Waals surface area contributed by atoms with Crippen molar-refractivity contribution in [3.63, 3.8) is 0 Å². The molecule has 0 aliphatic heterocycles. The van der Waals surface area contributed by atoms with Gasteiger partial charge in [0.1, 0.15) is 6.61 Å². The molecule has 0 aromatic carbocycles. The third-order valence-corrected chi connectivity index (χ3v) is 9.94. The number of allylic oxidation sites excluding steroid dienone is 13. The second-order valence-corrected chi connectivity index (χ2v) is 16.0. The fourth-order valence-electron chi connectivity index (χ4n) is 5.48. The van der Waals surface area contributed by atoms with Crippen LogP contribution in [0.5, 0.6) is 0 Å². The van der Waals surface area contributed by atoms with Gasteiger partial charge in [0, 0.05) is 19.4 Å². The van der Waals surface area contributed by atoms with Gasteiger partial charge in [-0.2, -0.15) is 0 Å². The van der Waals surface area contributed by atoms with Crippen molar-refractivity contribution in [2.24, 2.45) is 5.73 Å². The second-order valence-electron chi connectivity index (χ2n) is 14.5. The van der Waals surface area contributed by atoms with E-state index in [4.69, 9.17) is 24.3 Å². The molecule has 0 aromatic rings. The van der Waals surface area contributed by atoms with Crippen molar-refractivity contribution >= 4 is 19.8 Å². The van der Waals surface area contributed by atoms with Gasteiger partial charge in [0.15, 0.2) is 6.10 Å². The minimum Gasteiger partial charge on any atom is -0.462 e. The molecule has 0 bridgehead atoms. The predicted octanol–water partition coefficient (Wildman–Crippen LogP) is 10.8. The molecule has 0 heterocycles. The van der Waals surface area contributed by atoms with E-state index in [1.165, 1.54) is 44.9 Å². The van der Waals surface area contributed by atoms with E-state index in [-0.39, 0.29) is 38.8 Å². The molecular formula is C47H80NO10P. The van der Waals surface area contributed by atoms with E-state index in [9.17, 15) is 29.3 Å². The average Bonchev–Trinajstić information content (AvgIpc) is 3.22. The van der Waals surface area contributed by atoms with E-state index in [1.807, 2.05) is 12.2 Å². The SMILES string of the molecule is CCCCC/C=C\C/C=C\C/C=C\C/C=C\CCCCCC(=O)O[C@H](COC(=O)CCCC(O)C(O)C/C=C\C/C=C\C/C=C\CCCCC)COP(=O)(O)OCCN. The molecule has 11 nitrogen and oxygen atoms in total. The number of aliphatic hydroxyl groups is 2. The van der Waals surface area contributed by atoms with Crippen molar-refractivity contribution in [2.45, 2.75) is 173 Å². The maximum atomic E-state index is 12.6. The number of ether oxygens (including phenoxy) is 2. The van der Waals surface area contributed by atoms with Crippen LogP contribution in [-0.4, -0.2) is 71.7 Å². The Bertz CT molecular complexity index is 1280. The summed E-state index contributed by atoms with van der Waals surface area (Å²) in [5.74, 6) is -1.16. The van der Waals surface area contributed by atoms with Crippen LogP contribution < -0.4 is 5.73 Å². The van der Waals surface area contributed by atoms with Gasteiger partial charge in [-0.3, -0.25) is 18.6 Å². The summed E-state index contributed by atoms with van der Waals surface area (Å²) in [6, 6.07) is 0. The number of phosphoric ester groups is 1. The average molecular weight is 850 g/mol. The number of carbonyl (C=O) groups excluding carboxylic acids is 2. The Balaban J connectivity index is 4.46. The van der Waals surface area contributed by atoms with Crippen molar-refractivity contribution in [3.8, 4) is 0 Å². The summed E-state index contributed by atoms with van der Waals surface area (Å²) >= 11 is 0. The first-order valence-corrected chi connectivity index (χ1v) is 23.7. The highest BCUT2D eigenvalue weighted by Gasteiger charge is 2.26. The summed E-state index contributed by atoms with van der Waals surface area (Å²) in [7, 11) is -4.46. The molecule has 0 aliphatic carbocycles. The normalized spacial score (nSPS) is 15.2. The smallest absolute Gasteiger partial charge is 0.462 e. The molecule has 0 saturated heterocycles. The highest BCUT2D eigenvalue weighted by atomic mass is 31.2. The van der Waals surface area contributed by atoms with Gasteiger partial charge in [-0.05, 0) is 96.3 Å². The molecule has 338 valence electrons. The second kappa shape index (κ2) is 41.8. The van der Waals surface area contributed by atoms with Crippen molar-refractivity contribution in [2.75, 3.05) is 26.4 Å². The Morgan fingerprint density at radius 1 is 0.576 bits per heavy atom. The first-order chi connectivity index (χ1) is 28.6. The van der Waals surface area contributed by atoms with Crippen LogP contribution in [0.4, 0.5) is 0 Å². The van der Waals surface area contributed by atoms with Crippen LogP contribution in [-0.2, 0) is 32.7 Å². The molecular weight excluding hydrogens is 769 g/mol. The van der Waals surface area contributed by atoms with Crippen LogP contribution >= 0.6 is 7.82 Å². The van der Waals surface area contributed by atoms with Gasteiger partial charge in [-0.1, -0.05) is 131 Å². The third kappa shape index (κ3) is 40.3. The number of aliphatic hydroxyl groups excluding tert-OH is 2. The Morgan fingerprint density at radius 3 is 1.56 bits per heavy atom. The summed E-state index contributed by atoms with van der Waals surface area (Å²) in [6.45, 7) is 3.28. The first kappa shape index (κ1) is 56.1. The molecule has 0 spiro atoms. The van der Waals surface area contributed by atoms with Crippen LogP contribution in [0.1, 0.15) is 155 Å². The minimum atomic E-state index is -4.46. The van der Waals surface area contributed by atoms with Crippen LogP contribution in [0.25, 0.3) is 0 Å². The van der Waals surface area contributed by atoms with Crippen molar-refractivity contribution in [1.29, 1.82) is 0 Å². The lowest BCUT2D eigenvalue weighted by Gasteiger charge is -2.20. The van der Waals surface area contributed by atoms with Crippen LogP contribution in [0.3, 0.4) is 0 Å².